The third-order valence-corrected chi connectivity index (χ3v) is 3.55. The van der Waals surface area contributed by atoms with Gasteiger partial charge in [-0.25, -0.2) is 0 Å². The number of rotatable bonds is 8. The summed E-state index contributed by atoms with van der Waals surface area (Å²) in [5.74, 6) is -0.0682. The molecular weight excluding hydrogens is 242 g/mol. The highest BCUT2D eigenvalue weighted by Gasteiger charge is 2.24. The Bertz CT molecular complexity index is 302. The smallest absolute Gasteiger partial charge is 0.303 e. The summed E-state index contributed by atoms with van der Waals surface area (Å²) in [5, 5.41) is 11.3. The molecule has 1 unspecified atom stereocenters. The Morgan fingerprint density at radius 1 is 1.29 bits per heavy atom. The highest BCUT2D eigenvalue weighted by Crippen LogP contribution is 2.24. The number of carboxylic acid groups (broad SMARTS) is 1. The minimum Gasteiger partial charge on any atom is -0.481 e. The van der Waals surface area contributed by atoms with E-state index in [2.05, 4.69) is 5.32 Å². The normalized spacial score (nSPS) is 13.1. The fourth-order valence-electron chi connectivity index (χ4n) is 1.42. The van der Waals surface area contributed by atoms with E-state index in [-0.39, 0.29) is 18.7 Å². The lowest BCUT2D eigenvalue weighted by molar-refractivity contribution is -0.139. The van der Waals surface area contributed by atoms with Crippen molar-refractivity contribution < 1.29 is 18.9 Å². The molecule has 1 atom stereocenters. The van der Waals surface area contributed by atoms with Gasteiger partial charge in [-0.05, 0) is 5.41 Å². The molecule has 17 heavy (non-hydrogen) atoms. The Balaban J connectivity index is 3.93. The zero-order chi connectivity index (χ0) is 13.5. The molecule has 0 fully saturated rings. The van der Waals surface area contributed by atoms with E-state index in [1.54, 1.807) is 13.8 Å². The lowest BCUT2D eigenvalue weighted by atomic mass is 9.85. The fraction of sp³-hybridized carbons (Fsp3) is 0.818. The number of carboxylic acids is 1. The highest BCUT2D eigenvalue weighted by atomic mass is 32.2. The van der Waals surface area contributed by atoms with Crippen LogP contribution < -0.4 is 5.32 Å². The second-order valence-electron chi connectivity index (χ2n) is 4.69. The summed E-state index contributed by atoms with van der Waals surface area (Å²) in [4.78, 5) is 22.1. The first-order valence-corrected chi connectivity index (χ1v) is 7.09. The molecule has 0 rings (SSSR count). The zero-order valence-electron chi connectivity index (χ0n) is 10.6. The molecule has 2 N–H and O–H groups in total. The third kappa shape index (κ3) is 8.85. The van der Waals surface area contributed by atoms with Crippen molar-refractivity contribution in [1.82, 2.24) is 5.32 Å². The van der Waals surface area contributed by atoms with Crippen molar-refractivity contribution in [1.29, 1.82) is 0 Å². The van der Waals surface area contributed by atoms with Crippen molar-refractivity contribution >= 4 is 22.7 Å². The number of aliphatic carboxylic acids is 1. The second-order valence-corrected chi connectivity index (χ2v) is 6.56. The molecule has 0 aliphatic carbocycles. The number of nitrogens with one attached hydrogen (secondary N) is 1. The molecular formula is C11H21NO4S. The minimum absolute atomic E-state index is 0.0404. The summed E-state index contributed by atoms with van der Waals surface area (Å²) >= 11 is 0. The van der Waals surface area contributed by atoms with Crippen LogP contribution in [-0.4, -0.2) is 39.2 Å². The Morgan fingerprint density at radius 2 is 1.88 bits per heavy atom. The van der Waals surface area contributed by atoms with Crippen LogP contribution in [0, 0.1) is 5.41 Å². The molecule has 0 aromatic heterocycles. The van der Waals surface area contributed by atoms with Crippen LogP contribution in [0.3, 0.4) is 0 Å². The van der Waals surface area contributed by atoms with Gasteiger partial charge in [0.1, 0.15) is 0 Å². The number of carbonyl (C=O) groups is 2. The Labute approximate surface area is 104 Å². The molecule has 0 saturated carbocycles. The van der Waals surface area contributed by atoms with E-state index in [9.17, 15) is 13.8 Å². The average Bonchev–Trinajstić information content (AvgIpc) is 2.14. The van der Waals surface area contributed by atoms with Gasteiger partial charge in [-0.3, -0.25) is 13.8 Å². The molecule has 0 bridgehead atoms. The molecule has 0 aromatic rings. The number of amides is 1. The second kappa shape index (κ2) is 7.42. The van der Waals surface area contributed by atoms with E-state index in [0.29, 0.717) is 18.1 Å². The van der Waals surface area contributed by atoms with Gasteiger partial charge < -0.3 is 10.4 Å². The van der Waals surface area contributed by atoms with Crippen molar-refractivity contribution in [3.63, 3.8) is 0 Å². The molecule has 0 spiro atoms. The summed E-state index contributed by atoms with van der Waals surface area (Å²) in [6, 6.07) is 0. The van der Waals surface area contributed by atoms with Gasteiger partial charge in [0, 0.05) is 35.3 Å². The first kappa shape index (κ1) is 16.1. The largest absolute Gasteiger partial charge is 0.481 e. The van der Waals surface area contributed by atoms with Crippen LogP contribution >= 0.6 is 0 Å². The zero-order valence-corrected chi connectivity index (χ0v) is 11.4. The summed E-state index contributed by atoms with van der Waals surface area (Å²) in [6.45, 7) is 5.69. The quantitative estimate of drug-likeness (QED) is 0.677. The molecule has 0 aromatic carbocycles. The van der Waals surface area contributed by atoms with Crippen molar-refractivity contribution in [2.45, 2.75) is 33.6 Å². The molecule has 0 radical (unpaired) electrons. The monoisotopic (exact) mass is 263 g/mol. The maximum Gasteiger partial charge on any atom is 0.303 e. The van der Waals surface area contributed by atoms with Crippen LogP contribution in [0.5, 0.6) is 0 Å². The molecule has 0 heterocycles. The van der Waals surface area contributed by atoms with Gasteiger partial charge in [-0.1, -0.05) is 20.8 Å². The van der Waals surface area contributed by atoms with Crippen molar-refractivity contribution in [3.8, 4) is 0 Å². The maximum absolute atomic E-state index is 11.5. The van der Waals surface area contributed by atoms with Crippen LogP contribution in [0.4, 0.5) is 0 Å². The first-order valence-electron chi connectivity index (χ1n) is 5.60. The van der Waals surface area contributed by atoms with E-state index in [4.69, 9.17) is 5.11 Å². The Hall–Kier alpha value is -0.910. The topological polar surface area (TPSA) is 83.5 Å². The Morgan fingerprint density at radius 3 is 2.35 bits per heavy atom. The van der Waals surface area contributed by atoms with Crippen LogP contribution in [0.2, 0.25) is 0 Å². The molecule has 0 saturated heterocycles. The fourth-order valence-corrected chi connectivity index (χ4v) is 2.04. The summed E-state index contributed by atoms with van der Waals surface area (Å²) in [6.07, 6.45) is 0.124. The van der Waals surface area contributed by atoms with Gasteiger partial charge in [0.2, 0.25) is 5.91 Å². The number of carbonyl (C=O) groups excluding carboxylic acids is 1. The average molecular weight is 263 g/mol. The van der Waals surface area contributed by atoms with Crippen molar-refractivity contribution in [2.24, 2.45) is 5.41 Å². The lowest BCUT2D eigenvalue weighted by Crippen LogP contribution is -2.32. The van der Waals surface area contributed by atoms with Gasteiger partial charge in [-0.15, -0.1) is 0 Å². The molecule has 0 aliphatic heterocycles. The van der Waals surface area contributed by atoms with E-state index in [1.165, 1.54) is 0 Å². The van der Waals surface area contributed by atoms with Crippen LogP contribution in [-0.2, 0) is 20.4 Å². The van der Waals surface area contributed by atoms with Gasteiger partial charge in [0.05, 0.1) is 6.42 Å². The predicted molar refractivity (Wildman–Crippen MR) is 67.2 cm³/mol. The van der Waals surface area contributed by atoms with E-state index < -0.39 is 22.2 Å². The minimum atomic E-state index is -0.908. The summed E-state index contributed by atoms with van der Waals surface area (Å²) in [7, 11) is -0.884. The van der Waals surface area contributed by atoms with Crippen molar-refractivity contribution in [3.05, 3.63) is 0 Å². The molecule has 1 amide bonds. The summed E-state index contributed by atoms with van der Waals surface area (Å²) < 4.78 is 11.1. The van der Waals surface area contributed by atoms with Gasteiger partial charge in [0.25, 0.3) is 0 Å². The van der Waals surface area contributed by atoms with Crippen molar-refractivity contribution in [2.75, 3.05) is 18.1 Å². The Kier molecular flexibility index (Phi) is 7.03. The third-order valence-electron chi connectivity index (χ3n) is 2.24. The van der Waals surface area contributed by atoms with E-state index in [0.717, 1.165) is 0 Å². The standard InChI is InChI=1S/C11H21NO4S/c1-4-17(16)6-5-12-9(13)7-11(2,3)8-10(14)15/h4-8H2,1-3H3,(H,12,13)(H,14,15). The number of hydrogen-bond donors (Lipinski definition) is 2. The molecule has 100 valence electrons. The van der Waals surface area contributed by atoms with Crippen LogP contribution in [0.15, 0.2) is 0 Å². The van der Waals surface area contributed by atoms with E-state index in [1.807, 2.05) is 6.92 Å². The molecule has 0 aliphatic rings. The highest BCUT2D eigenvalue weighted by molar-refractivity contribution is 7.84. The van der Waals surface area contributed by atoms with Gasteiger partial charge in [0.15, 0.2) is 0 Å². The number of hydrogen-bond acceptors (Lipinski definition) is 3. The predicted octanol–water partition coefficient (Wildman–Crippen LogP) is 0.762. The first-order chi connectivity index (χ1) is 7.76. The lowest BCUT2D eigenvalue weighted by Gasteiger charge is -2.21. The SMILES string of the molecule is CCS(=O)CCNC(=O)CC(C)(C)CC(=O)O. The van der Waals surface area contributed by atoms with E-state index >= 15 is 0 Å². The van der Waals surface area contributed by atoms with Gasteiger partial charge in [-0.2, -0.15) is 0 Å². The van der Waals surface area contributed by atoms with Crippen LogP contribution in [0.1, 0.15) is 33.6 Å². The summed E-state index contributed by atoms with van der Waals surface area (Å²) in [5.41, 5.74) is -0.556. The van der Waals surface area contributed by atoms with Gasteiger partial charge >= 0.3 is 5.97 Å². The molecule has 5 nitrogen and oxygen atoms in total. The van der Waals surface area contributed by atoms with Crippen LogP contribution in [0.25, 0.3) is 0 Å². The molecule has 6 heteroatoms. The maximum atomic E-state index is 11.5.